The minimum Gasteiger partial charge on any atom is -0.341 e. The lowest BCUT2D eigenvalue weighted by atomic mass is 10.1. The Kier molecular flexibility index (Phi) is 4.23. The fraction of sp³-hybridized carbons (Fsp3) is 0.417. The van der Waals surface area contributed by atoms with E-state index in [1.54, 1.807) is 6.07 Å². The molecule has 0 aromatic heterocycles. The fourth-order valence-electron chi connectivity index (χ4n) is 1.93. The summed E-state index contributed by atoms with van der Waals surface area (Å²) in [5.41, 5.74) is 1.09. The maximum Gasteiger partial charge on any atom is 0.223 e. The predicted molar refractivity (Wildman–Crippen MR) is 74.1 cm³/mol. The van der Waals surface area contributed by atoms with Crippen LogP contribution in [-0.2, 0) is 11.2 Å². The molecule has 1 atom stereocenters. The van der Waals surface area contributed by atoms with Crippen molar-refractivity contribution < 1.29 is 4.79 Å². The summed E-state index contributed by atoms with van der Waals surface area (Å²) in [7, 11) is 0. The van der Waals surface area contributed by atoms with E-state index in [1.807, 2.05) is 17.0 Å². The van der Waals surface area contributed by atoms with Gasteiger partial charge in [0.1, 0.15) is 0 Å². The Balaban J connectivity index is 1.94. The molecular formula is C12H13Cl2NOS. The Morgan fingerprint density at radius 3 is 2.71 bits per heavy atom. The average molecular weight is 290 g/mol. The summed E-state index contributed by atoms with van der Waals surface area (Å²) in [6.07, 6.45) is 1.34. The van der Waals surface area contributed by atoms with Gasteiger partial charge in [0.25, 0.3) is 0 Å². The molecule has 0 saturated carbocycles. The first-order valence-electron chi connectivity index (χ1n) is 5.46. The van der Waals surface area contributed by atoms with Crippen molar-refractivity contribution in [2.45, 2.75) is 18.1 Å². The monoisotopic (exact) mass is 289 g/mol. The van der Waals surface area contributed by atoms with Crippen molar-refractivity contribution in [3.05, 3.63) is 33.8 Å². The van der Waals surface area contributed by atoms with Crippen molar-refractivity contribution in [2.75, 3.05) is 13.1 Å². The van der Waals surface area contributed by atoms with E-state index in [4.69, 9.17) is 23.2 Å². The third-order valence-electron chi connectivity index (χ3n) is 2.85. The van der Waals surface area contributed by atoms with Gasteiger partial charge in [-0.15, -0.1) is 0 Å². The van der Waals surface area contributed by atoms with Crippen molar-refractivity contribution in [1.29, 1.82) is 0 Å². The number of carbonyl (C=O) groups is 1. The molecule has 1 aliphatic heterocycles. The molecule has 1 heterocycles. The van der Waals surface area contributed by atoms with Gasteiger partial charge in [0.05, 0.1) is 10.0 Å². The number of hydrogen-bond acceptors (Lipinski definition) is 2. The smallest absolute Gasteiger partial charge is 0.223 e. The van der Waals surface area contributed by atoms with Crippen molar-refractivity contribution >= 4 is 41.7 Å². The highest BCUT2D eigenvalue weighted by Crippen LogP contribution is 2.23. The standard InChI is InChI=1S/C12H13Cl2NOS/c13-10-2-1-8(5-11(10)14)3-4-15-7-9(17)6-12(15)16/h1-2,5,9,17H,3-4,6-7H2. The highest BCUT2D eigenvalue weighted by molar-refractivity contribution is 7.81. The van der Waals surface area contributed by atoms with Crippen LogP contribution in [0.5, 0.6) is 0 Å². The number of carbonyl (C=O) groups excluding carboxylic acids is 1. The second-order valence-electron chi connectivity index (χ2n) is 4.20. The van der Waals surface area contributed by atoms with Crippen LogP contribution in [0.25, 0.3) is 0 Å². The molecule has 0 bridgehead atoms. The van der Waals surface area contributed by atoms with Gasteiger partial charge in [-0.05, 0) is 24.1 Å². The van der Waals surface area contributed by atoms with Gasteiger partial charge in [-0.3, -0.25) is 4.79 Å². The Morgan fingerprint density at radius 1 is 1.35 bits per heavy atom. The van der Waals surface area contributed by atoms with E-state index in [0.717, 1.165) is 18.5 Å². The van der Waals surface area contributed by atoms with Gasteiger partial charge < -0.3 is 4.90 Å². The molecule has 5 heteroatoms. The summed E-state index contributed by atoms with van der Waals surface area (Å²) in [4.78, 5) is 13.4. The number of rotatable bonds is 3. The van der Waals surface area contributed by atoms with Crippen molar-refractivity contribution in [2.24, 2.45) is 0 Å². The second kappa shape index (κ2) is 5.51. The van der Waals surface area contributed by atoms with E-state index in [1.165, 1.54) is 0 Å². The van der Waals surface area contributed by atoms with Crippen LogP contribution in [0.4, 0.5) is 0 Å². The quantitative estimate of drug-likeness (QED) is 0.848. The van der Waals surface area contributed by atoms with E-state index < -0.39 is 0 Å². The summed E-state index contributed by atoms with van der Waals surface area (Å²) in [6, 6.07) is 5.57. The Morgan fingerprint density at radius 2 is 2.12 bits per heavy atom. The van der Waals surface area contributed by atoms with Crippen molar-refractivity contribution in [3.8, 4) is 0 Å². The number of hydrogen-bond donors (Lipinski definition) is 1. The van der Waals surface area contributed by atoms with E-state index in [0.29, 0.717) is 23.0 Å². The molecule has 1 aromatic rings. The largest absolute Gasteiger partial charge is 0.341 e. The van der Waals surface area contributed by atoms with Gasteiger partial charge >= 0.3 is 0 Å². The molecule has 1 unspecified atom stereocenters. The third kappa shape index (κ3) is 3.30. The van der Waals surface area contributed by atoms with Crippen LogP contribution in [0.15, 0.2) is 18.2 Å². The molecule has 2 rings (SSSR count). The number of thiol groups is 1. The zero-order valence-corrected chi connectivity index (χ0v) is 11.6. The highest BCUT2D eigenvalue weighted by Gasteiger charge is 2.26. The molecule has 1 aliphatic rings. The zero-order chi connectivity index (χ0) is 12.4. The number of amides is 1. The lowest BCUT2D eigenvalue weighted by Crippen LogP contribution is -2.27. The molecular weight excluding hydrogens is 277 g/mol. The molecule has 1 amide bonds. The number of halogens is 2. The van der Waals surface area contributed by atoms with E-state index >= 15 is 0 Å². The van der Waals surface area contributed by atoms with E-state index in [2.05, 4.69) is 12.6 Å². The number of benzene rings is 1. The van der Waals surface area contributed by atoms with Crippen LogP contribution in [0.3, 0.4) is 0 Å². The molecule has 17 heavy (non-hydrogen) atoms. The molecule has 92 valence electrons. The summed E-state index contributed by atoms with van der Waals surface area (Å²) in [5.74, 6) is 0.185. The van der Waals surface area contributed by atoms with Crippen LogP contribution >= 0.6 is 35.8 Å². The Labute approximate surface area is 116 Å². The lowest BCUT2D eigenvalue weighted by molar-refractivity contribution is -0.127. The zero-order valence-electron chi connectivity index (χ0n) is 9.20. The van der Waals surface area contributed by atoms with E-state index in [-0.39, 0.29) is 11.2 Å². The third-order valence-corrected chi connectivity index (χ3v) is 3.93. The maximum atomic E-state index is 11.6. The molecule has 1 saturated heterocycles. The minimum absolute atomic E-state index is 0.177. The summed E-state index contributed by atoms with van der Waals surface area (Å²) in [5, 5.41) is 1.29. The van der Waals surface area contributed by atoms with Crippen molar-refractivity contribution in [3.63, 3.8) is 0 Å². The van der Waals surface area contributed by atoms with Gasteiger partial charge in [0.15, 0.2) is 0 Å². The van der Waals surface area contributed by atoms with Gasteiger partial charge in [-0.1, -0.05) is 29.3 Å². The van der Waals surface area contributed by atoms with Crippen molar-refractivity contribution in [1.82, 2.24) is 4.90 Å². The molecule has 0 N–H and O–H groups in total. The van der Waals surface area contributed by atoms with Gasteiger partial charge in [-0.2, -0.15) is 12.6 Å². The Bertz CT molecular complexity index is 439. The fourth-order valence-corrected chi connectivity index (χ4v) is 2.60. The summed E-state index contributed by atoms with van der Waals surface area (Å²) < 4.78 is 0. The first kappa shape index (κ1) is 13.1. The summed E-state index contributed by atoms with van der Waals surface area (Å²) >= 11 is 16.1. The van der Waals surface area contributed by atoms with Gasteiger partial charge in [-0.25, -0.2) is 0 Å². The number of nitrogens with zero attached hydrogens (tertiary/aromatic N) is 1. The average Bonchev–Trinajstić information content (AvgIpc) is 2.59. The molecule has 1 fully saturated rings. The lowest BCUT2D eigenvalue weighted by Gasteiger charge is -2.15. The predicted octanol–water partition coefficient (Wildman–Crippen LogP) is 3.07. The SMILES string of the molecule is O=C1CC(S)CN1CCc1ccc(Cl)c(Cl)c1. The first-order valence-corrected chi connectivity index (χ1v) is 6.73. The van der Waals surface area contributed by atoms with Crippen LogP contribution in [-0.4, -0.2) is 29.1 Å². The van der Waals surface area contributed by atoms with Crippen LogP contribution in [0, 0.1) is 0 Å². The normalized spacial score (nSPS) is 20.1. The van der Waals surface area contributed by atoms with Crippen LogP contribution < -0.4 is 0 Å². The topological polar surface area (TPSA) is 20.3 Å². The van der Waals surface area contributed by atoms with E-state index in [9.17, 15) is 4.79 Å². The minimum atomic E-state index is 0.177. The highest BCUT2D eigenvalue weighted by atomic mass is 35.5. The summed E-state index contributed by atoms with van der Waals surface area (Å²) in [6.45, 7) is 1.46. The van der Waals surface area contributed by atoms with Gasteiger partial charge in [0, 0.05) is 24.8 Å². The maximum absolute atomic E-state index is 11.6. The second-order valence-corrected chi connectivity index (χ2v) is 5.74. The molecule has 0 spiro atoms. The van der Waals surface area contributed by atoms with Crippen LogP contribution in [0.1, 0.15) is 12.0 Å². The van der Waals surface area contributed by atoms with Crippen LogP contribution in [0.2, 0.25) is 10.0 Å². The van der Waals surface area contributed by atoms with Gasteiger partial charge in [0.2, 0.25) is 5.91 Å². The first-order chi connectivity index (χ1) is 8.06. The molecule has 0 aliphatic carbocycles. The molecule has 1 aromatic carbocycles. The number of likely N-dealkylation sites (tertiary alicyclic amines) is 1. The molecule has 0 radical (unpaired) electrons. The Hall–Kier alpha value is -0.380. The molecule has 2 nitrogen and oxygen atoms in total.